The summed E-state index contributed by atoms with van der Waals surface area (Å²) < 4.78 is 17.3. The fourth-order valence-corrected chi connectivity index (χ4v) is 2.38. The van der Waals surface area contributed by atoms with E-state index in [1.807, 2.05) is 48.5 Å². The van der Waals surface area contributed by atoms with Crippen LogP contribution < -0.4 is 0 Å². The van der Waals surface area contributed by atoms with Crippen molar-refractivity contribution < 1.29 is 19.0 Å². The summed E-state index contributed by atoms with van der Waals surface area (Å²) in [6.07, 6.45) is 3.11. The van der Waals surface area contributed by atoms with Gasteiger partial charge in [0.2, 0.25) is 0 Å². The molecule has 0 atom stereocenters. The lowest BCUT2D eigenvalue weighted by atomic mass is 9.98. The number of ketones is 1. The van der Waals surface area contributed by atoms with Gasteiger partial charge in [-0.1, -0.05) is 13.8 Å². The van der Waals surface area contributed by atoms with E-state index in [9.17, 15) is 4.79 Å². The number of hydrogen-bond acceptors (Lipinski definition) is 5. The summed E-state index contributed by atoms with van der Waals surface area (Å²) >= 11 is 0. The van der Waals surface area contributed by atoms with Crippen molar-refractivity contribution in [2.24, 2.45) is 5.92 Å². The molecule has 0 aliphatic rings. The maximum absolute atomic E-state index is 12.4. The average Bonchev–Trinajstić information content (AvgIpc) is 2.43. The SMILES string of the molecule is CC(C)CCOC(C)(C)C(=O)CCCC(=N)OC(C)(C)CCOC(C)(C)C. The predicted octanol–water partition coefficient (Wildman–Crippen LogP) is 5.54. The van der Waals surface area contributed by atoms with E-state index in [2.05, 4.69) is 13.8 Å². The van der Waals surface area contributed by atoms with Crippen molar-refractivity contribution >= 4 is 11.7 Å². The Hall–Kier alpha value is -0.940. The van der Waals surface area contributed by atoms with Crippen LogP contribution in [0.5, 0.6) is 0 Å². The molecule has 0 aliphatic carbocycles. The summed E-state index contributed by atoms with van der Waals surface area (Å²) in [5.74, 6) is 0.865. The Labute approximate surface area is 167 Å². The molecule has 0 radical (unpaired) electrons. The van der Waals surface area contributed by atoms with Crippen LogP contribution in [0.4, 0.5) is 0 Å². The summed E-state index contributed by atoms with van der Waals surface area (Å²) in [6, 6.07) is 0. The lowest BCUT2D eigenvalue weighted by Crippen LogP contribution is -2.35. The Morgan fingerprint density at radius 1 is 0.926 bits per heavy atom. The van der Waals surface area contributed by atoms with Crippen LogP contribution in [-0.4, -0.2) is 41.7 Å². The van der Waals surface area contributed by atoms with E-state index < -0.39 is 11.2 Å². The van der Waals surface area contributed by atoms with Crippen LogP contribution in [0.15, 0.2) is 0 Å². The van der Waals surface area contributed by atoms with Gasteiger partial charge in [-0.25, -0.2) is 0 Å². The van der Waals surface area contributed by atoms with Crippen molar-refractivity contribution in [3.63, 3.8) is 0 Å². The van der Waals surface area contributed by atoms with Gasteiger partial charge in [0.25, 0.3) is 0 Å². The van der Waals surface area contributed by atoms with Crippen molar-refractivity contribution in [2.45, 2.75) is 111 Å². The van der Waals surface area contributed by atoms with Gasteiger partial charge < -0.3 is 14.2 Å². The Morgan fingerprint density at radius 3 is 2.04 bits per heavy atom. The van der Waals surface area contributed by atoms with E-state index in [-0.39, 0.29) is 17.3 Å². The molecule has 0 saturated heterocycles. The van der Waals surface area contributed by atoms with Gasteiger partial charge in [0.15, 0.2) is 11.7 Å². The number of carbonyl (C=O) groups is 1. The van der Waals surface area contributed by atoms with Crippen molar-refractivity contribution in [1.29, 1.82) is 5.41 Å². The van der Waals surface area contributed by atoms with Crippen molar-refractivity contribution in [3.8, 4) is 0 Å². The smallest absolute Gasteiger partial charge is 0.181 e. The molecule has 0 rings (SSSR count). The van der Waals surface area contributed by atoms with Crippen molar-refractivity contribution in [1.82, 2.24) is 0 Å². The highest BCUT2D eigenvalue weighted by molar-refractivity contribution is 5.86. The van der Waals surface area contributed by atoms with Gasteiger partial charge in [0, 0.05) is 25.9 Å². The van der Waals surface area contributed by atoms with Gasteiger partial charge in [0.05, 0.1) is 12.2 Å². The van der Waals surface area contributed by atoms with Crippen molar-refractivity contribution in [3.05, 3.63) is 0 Å². The largest absolute Gasteiger partial charge is 0.475 e. The second-order valence-electron chi connectivity index (χ2n) is 9.81. The number of ether oxygens (including phenoxy) is 3. The number of hydrogen-bond donors (Lipinski definition) is 1. The Morgan fingerprint density at radius 2 is 1.52 bits per heavy atom. The predicted molar refractivity (Wildman–Crippen MR) is 112 cm³/mol. The molecule has 0 amide bonds. The fraction of sp³-hybridized carbons (Fsp3) is 0.909. The lowest BCUT2D eigenvalue weighted by molar-refractivity contribution is -0.140. The number of nitrogens with one attached hydrogen (secondary N) is 1. The molecule has 0 aromatic carbocycles. The molecule has 1 N–H and O–H groups in total. The third-order valence-electron chi connectivity index (χ3n) is 4.28. The minimum Gasteiger partial charge on any atom is -0.475 e. The molecular weight excluding hydrogens is 342 g/mol. The summed E-state index contributed by atoms with van der Waals surface area (Å²) in [4.78, 5) is 12.4. The first kappa shape index (κ1) is 26.1. The molecule has 0 aromatic heterocycles. The molecule has 0 unspecified atom stereocenters. The molecule has 0 bridgehead atoms. The maximum atomic E-state index is 12.4. The van der Waals surface area contributed by atoms with Crippen LogP contribution in [0.2, 0.25) is 0 Å². The zero-order valence-corrected chi connectivity index (χ0v) is 19.2. The van der Waals surface area contributed by atoms with Crippen LogP contribution in [0.1, 0.15) is 94.4 Å². The van der Waals surface area contributed by atoms with Gasteiger partial charge in [-0.2, -0.15) is 0 Å². The number of carbonyl (C=O) groups excluding carboxylic acids is 1. The van der Waals surface area contributed by atoms with Gasteiger partial charge in [-0.15, -0.1) is 0 Å². The van der Waals surface area contributed by atoms with Crippen LogP contribution in [-0.2, 0) is 19.0 Å². The minimum atomic E-state index is -0.762. The standard InChI is InChI=1S/C22H43NO4/c1-17(2)13-15-26-22(8,9)18(24)11-10-12-19(23)27-21(6,7)14-16-25-20(3,4)5/h17,23H,10-16H2,1-9H3. The van der Waals surface area contributed by atoms with E-state index in [1.165, 1.54) is 0 Å². The monoisotopic (exact) mass is 385 g/mol. The summed E-state index contributed by atoms with van der Waals surface area (Å²) in [7, 11) is 0. The van der Waals surface area contributed by atoms with Gasteiger partial charge >= 0.3 is 0 Å². The highest BCUT2D eigenvalue weighted by Gasteiger charge is 2.28. The van der Waals surface area contributed by atoms with Crippen LogP contribution in [0, 0.1) is 11.3 Å². The van der Waals surface area contributed by atoms with Gasteiger partial charge in [-0.05, 0) is 67.2 Å². The number of rotatable bonds is 13. The fourth-order valence-electron chi connectivity index (χ4n) is 2.38. The first-order valence-electron chi connectivity index (χ1n) is 10.2. The molecule has 0 aromatic rings. The van der Waals surface area contributed by atoms with Crippen LogP contribution >= 0.6 is 0 Å². The zero-order valence-electron chi connectivity index (χ0n) is 19.2. The second kappa shape index (κ2) is 11.2. The maximum Gasteiger partial charge on any atom is 0.181 e. The van der Waals surface area contributed by atoms with E-state index >= 15 is 0 Å². The third kappa shape index (κ3) is 13.8. The Bertz CT molecular complexity index is 461. The molecule has 0 saturated carbocycles. The average molecular weight is 386 g/mol. The topological polar surface area (TPSA) is 68.6 Å². The normalized spacial score (nSPS) is 13.1. The van der Waals surface area contributed by atoms with E-state index in [0.717, 1.165) is 6.42 Å². The molecule has 0 fully saturated rings. The highest BCUT2D eigenvalue weighted by Crippen LogP contribution is 2.20. The van der Waals surface area contributed by atoms with Crippen LogP contribution in [0.3, 0.4) is 0 Å². The molecular formula is C22H43NO4. The Balaban J connectivity index is 4.17. The first-order valence-corrected chi connectivity index (χ1v) is 10.2. The summed E-state index contributed by atoms with van der Waals surface area (Å²) in [5, 5.41) is 8.06. The summed E-state index contributed by atoms with van der Waals surface area (Å²) in [5.41, 5.74) is -1.39. The molecule has 0 heterocycles. The lowest BCUT2D eigenvalue weighted by Gasteiger charge is -2.29. The van der Waals surface area contributed by atoms with E-state index in [1.54, 1.807) is 0 Å². The third-order valence-corrected chi connectivity index (χ3v) is 4.28. The van der Waals surface area contributed by atoms with Crippen LogP contribution in [0.25, 0.3) is 0 Å². The molecule has 160 valence electrons. The molecule has 27 heavy (non-hydrogen) atoms. The molecule has 0 aliphatic heterocycles. The van der Waals surface area contributed by atoms with E-state index in [4.69, 9.17) is 19.6 Å². The second-order valence-corrected chi connectivity index (χ2v) is 9.81. The zero-order chi connectivity index (χ0) is 21.3. The van der Waals surface area contributed by atoms with Gasteiger partial charge in [-0.3, -0.25) is 10.2 Å². The highest BCUT2D eigenvalue weighted by atomic mass is 16.5. The minimum absolute atomic E-state index is 0.0805. The quantitative estimate of drug-likeness (QED) is 0.333. The van der Waals surface area contributed by atoms with Crippen molar-refractivity contribution in [2.75, 3.05) is 13.2 Å². The number of Topliss-reactive ketones (excluding diaryl/α,β-unsaturated/α-hetero) is 1. The summed E-state index contributed by atoms with van der Waals surface area (Å²) in [6.45, 7) is 19.1. The Kier molecular flexibility index (Phi) is 10.8. The molecule has 5 nitrogen and oxygen atoms in total. The first-order chi connectivity index (χ1) is 12.1. The molecule has 0 spiro atoms. The van der Waals surface area contributed by atoms with Gasteiger partial charge in [0.1, 0.15) is 11.2 Å². The molecule has 5 heteroatoms. The van der Waals surface area contributed by atoms with E-state index in [0.29, 0.717) is 44.8 Å².